The van der Waals surface area contributed by atoms with E-state index in [-0.39, 0.29) is 5.91 Å². The van der Waals surface area contributed by atoms with Crippen molar-refractivity contribution < 1.29 is 22.8 Å². The van der Waals surface area contributed by atoms with E-state index in [4.69, 9.17) is 5.73 Å². The van der Waals surface area contributed by atoms with Gasteiger partial charge >= 0.3 is 6.18 Å². The van der Waals surface area contributed by atoms with Crippen LogP contribution in [0.4, 0.5) is 13.2 Å². The molecule has 0 heterocycles. The van der Waals surface area contributed by atoms with Crippen molar-refractivity contribution in [1.29, 1.82) is 0 Å². The molecular weight excluding hydrogens is 251 g/mol. The Kier molecular flexibility index (Phi) is 6.10. The molecule has 18 heavy (non-hydrogen) atoms. The number of likely N-dealkylation sites (N-methyl/N-ethyl adjacent to an activating group) is 1. The predicted octanol–water partition coefficient (Wildman–Crippen LogP) is 0.107. The fourth-order valence-electron chi connectivity index (χ4n) is 1.12. The van der Waals surface area contributed by atoms with Crippen LogP contribution in [0.2, 0.25) is 0 Å². The van der Waals surface area contributed by atoms with E-state index in [1.807, 2.05) is 0 Å². The summed E-state index contributed by atoms with van der Waals surface area (Å²) in [6, 6.07) is -0.391. The van der Waals surface area contributed by atoms with Gasteiger partial charge in [-0.25, -0.2) is 0 Å². The summed E-state index contributed by atoms with van der Waals surface area (Å²) < 4.78 is 35.5. The van der Waals surface area contributed by atoms with Crippen molar-refractivity contribution in [3.63, 3.8) is 0 Å². The van der Waals surface area contributed by atoms with E-state index in [2.05, 4.69) is 0 Å². The lowest BCUT2D eigenvalue weighted by Crippen LogP contribution is -2.45. The summed E-state index contributed by atoms with van der Waals surface area (Å²) in [4.78, 5) is 23.9. The highest BCUT2D eigenvalue weighted by Gasteiger charge is 2.28. The van der Waals surface area contributed by atoms with Crippen molar-refractivity contribution >= 4 is 11.8 Å². The first-order chi connectivity index (χ1) is 8.04. The maximum absolute atomic E-state index is 11.8. The number of carbonyl (C=O) groups excluding carboxylic acids is 2. The zero-order valence-corrected chi connectivity index (χ0v) is 10.5. The van der Waals surface area contributed by atoms with Crippen LogP contribution >= 0.6 is 0 Å². The van der Waals surface area contributed by atoms with Crippen molar-refractivity contribution in [1.82, 2.24) is 10.2 Å². The molecule has 5 nitrogen and oxygen atoms in total. The second-order valence-electron chi connectivity index (χ2n) is 4.23. The smallest absolute Gasteiger partial charge is 0.345 e. The summed E-state index contributed by atoms with van der Waals surface area (Å²) in [6.07, 6.45) is -4.46. The number of rotatable bonds is 5. The summed E-state index contributed by atoms with van der Waals surface area (Å²) in [5.74, 6) is -1.74. The van der Waals surface area contributed by atoms with Gasteiger partial charge in [-0.3, -0.25) is 9.59 Å². The molecule has 0 aromatic rings. The minimum atomic E-state index is -4.46. The Hall–Kier alpha value is -1.31. The number of hydrogen-bond acceptors (Lipinski definition) is 3. The number of hydrogen-bond donors (Lipinski definition) is 2. The van der Waals surface area contributed by atoms with Crippen LogP contribution in [-0.2, 0) is 9.59 Å². The molecule has 0 fully saturated rings. The van der Waals surface area contributed by atoms with E-state index in [0.29, 0.717) is 0 Å². The summed E-state index contributed by atoms with van der Waals surface area (Å²) in [7, 11) is 1.34. The van der Waals surface area contributed by atoms with Crippen LogP contribution in [0.15, 0.2) is 0 Å². The van der Waals surface area contributed by atoms with Crippen molar-refractivity contribution in [2.45, 2.75) is 26.1 Å². The van der Waals surface area contributed by atoms with Crippen LogP contribution < -0.4 is 11.1 Å². The quantitative estimate of drug-likeness (QED) is 0.743. The Morgan fingerprint density at radius 1 is 1.33 bits per heavy atom. The molecule has 2 atom stereocenters. The van der Waals surface area contributed by atoms with Gasteiger partial charge < -0.3 is 16.0 Å². The van der Waals surface area contributed by atoms with Crippen molar-refractivity contribution in [2.75, 3.05) is 20.1 Å². The Morgan fingerprint density at radius 2 is 1.83 bits per heavy atom. The van der Waals surface area contributed by atoms with Crippen molar-refractivity contribution in [2.24, 2.45) is 11.7 Å². The SMILES string of the molecule is CC(N)C(C)C(=O)N(C)CC(=O)NCC(F)(F)F. The monoisotopic (exact) mass is 269 g/mol. The highest BCUT2D eigenvalue weighted by atomic mass is 19.4. The highest BCUT2D eigenvalue weighted by Crippen LogP contribution is 2.12. The zero-order valence-electron chi connectivity index (χ0n) is 10.5. The molecule has 8 heteroatoms. The minimum Gasteiger partial charge on any atom is -0.345 e. The Morgan fingerprint density at radius 3 is 2.22 bits per heavy atom. The largest absolute Gasteiger partial charge is 0.405 e. The second kappa shape index (κ2) is 6.58. The maximum Gasteiger partial charge on any atom is 0.405 e. The van der Waals surface area contributed by atoms with E-state index in [0.717, 1.165) is 4.90 Å². The molecule has 0 spiro atoms. The standard InChI is InChI=1S/C10H18F3N3O2/c1-6(7(2)14)9(18)16(3)4-8(17)15-5-10(11,12)13/h6-7H,4-5,14H2,1-3H3,(H,15,17). The molecular formula is C10H18F3N3O2. The molecule has 0 saturated heterocycles. The summed E-state index contributed by atoms with van der Waals surface area (Å²) >= 11 is 0. The molecule has 0 aliphatic carbocycles. The Balaban J connectivity index is 4.19. The minimum absolute atomic E-state index is 0.382. The molecule has 3 N–H and O–H groups in total. The first-order valence-electron chi connectivity index (χ1n) is 5.38. The molecule has 2 unspecified atom stereocenters. The van der Waals surface area contributed by atoms with Crippen LogP contribution in [0.3, 0.4) is 0 Å². The number of carbonyl (C=O) groups is 2. The van der Waals surface area contributed by atoms with Gasteiger partial charge in [0.15, 0.2) is 0 Å². The van der Waals surface area contributed by atoms with Crippen molar-refractivity contribution in [3.05, 3.63) is 0 Å². The van der Waals surface area contributed by atoms with E-state index in [1.165, 1.54) is 7.05 Å². The van der Waals surface area contributed by atoms with E-state index >= 15 is 0 Å². The molecule has 0 aromatic heterocycles. The Bertz CT molecular complexity index is 305. The van der Waals surface area contributed by atoms with Gasteiger partial charge in [-0.2, -0.15) is 13.2 Å². The van der Waals surface area contributed by atoms with Crippen LogP contribution in [-0.4, -0.2) is 49.1 Å². The summed E-state index contributed by atoms with van der Waals surface area (Å²) in [6.45, 7) is 1.40. The molecule has 0 aliphatic heterocycles. The van der Waals surface area contributed by atoms with Crippen molar-refractivity contribution in [3.8, 4) is 0 Å². The van der Waals surface area contributed by atoms with Gasteiger partial charge in [-0.15, -0.1) is 0 Å². The lowest BCUT2D eigenvalue weighted by Gasteiger charge is -2.23. The molecule has 0 aliphatic rings. The van der Waals surface area contributed by atoms with Gasteiger partial charge in [0.25, 0.3) is 0 Å². The fraction of sp³-hybridized carbons (Fsp3) is 0.800. The third kappa shape index (κ3) is 6.43. The number of nitrogens with zero attached hydrogens (tertiary/aromatic N) is 1. The third-order valence-electron chi connectivity index (χ3n) is 2.42. The molecule has 0 aromatic carbocycles. The summed E-state index contributed by atoms with van der Waals surface area (Å²) in [5, 5.41) is 1.69. The third-order valence-corrected chi connectivity index (χ3v) is 2.42. The van der Waals surface area contributed by atoms with Gasteiger partial charge in [-0.05, 0) is 6.92 Å². The summed E-state index contributed by atoms with van der Waals surface area (Å²) in [5.41, 5.74) is 5.52. The first kappa shape index (κ1) is 16.7. The highest BCUT2D eigenvalue weighted by molar-refractivity contribution is 5.85. The van der Waals surface area contributed by atoms with Gasteiger partial charge in [0.1, 0.15) is 6.54 Å². The number of nitrogens with one attached hydrogen (secondary N) is 1. The average Bonchev–Trinajstić information content (AvgIpc) is 2.23. The zero-order chi connectivity index (χ0) is 14.5. The normalized spacial score (nSPS) is 14.8. The van der Waals surface area contributed by atoms with Crippen LogP contribution in [0, 0.1) is 5.92 Å². The molecule has 2 amide bonds. The second-order valence-corrected chi connectivity index (χ2v) is 4.23. The van der Waals surface area contributed by atoms with E-state index in [1.54, 1.807) is 19.2 Å². The van der Waals surface area contributed by atoms with Gasteiger partial charge in [0.2, 0.25) is 11.8 Å². The van der Waals surface area contributed by atoms with Gasteiger partial charge in [0.05, 0.1) is 12.5 Å². The molecule has 0 bridgehead atoms. The predicted molar refractivity (Wildman–Crippen MR) is 59.5 cm³/mol. The number of halogens is 3. The topological polar surface area (TPSA) is 75.4 Å². The molecule has 0 radical (unpaired) electrons. The fourth-order valence-corrected chi connectivity index (χ4v) is 1.12. The lowest BCUT2D eigenvalue weighted by atomic mass is 10.0. The number of alkyl halides is 3. The van der Waals surface area contributed by atoms with Gasteiger partial charge in [0, 0.05) is 13.1 Å². The molecule has 0 saturated carbocycles. The first-order valence-corrected chi connectivity index (χ1v) is 5.38. The Labute approximate surface area is 103 Å². The number of amides is 2. The molecule has 106 valence electrons. The van der Waals surface area contributed by atoms with Crippen LogP contribution in [0.25, 0.3) is 0 Å². The van der Waals surface area contributed by atoms with E-state index in [9.17, 15) is 22.8 Å². The average molecular weight is 269 g/mol. The van der Waals surface area contributed by atoms with E-state index < -0.39 is 37.1 Å². The van der Waals surface area contributed by atoms with Crippen LogP contribution in [0.5, 0.6) is 0 Å². The maximum atomic E-state index is 11.8. The lowest BCUT2D eigenvalue weighted by molar-refractivity contribution is -0.142. The van der Waals surface area contributed by atoms with Crippen LogP contribution in [0.1, 0.15) is 13.8 Å². The molecule has 0 rings (SSSR count). The van der Waals surface area contributed by atoms with Gasteiger partial charge in [-0.1, -0.05) is 6.92 Å². The number of nitrogens with two attached hydrogens (primary N) is 1.